The van der Waals surface area contributed by atoms with Gasteiger partial charge in [0.05, 0.1) is 17.9 Å². The smallest absolute Gasteiger partial charge is 0.222 e. The molecule has 0 saturated carbocycles. The lowest BCUT2D eigenvalue weighted by atomic mass is 10.1. The van der Waals surface area contributed by atoms with E-state index in [9.17, 15) is 4.79 Å². The van der Waals surface area contributed by atoms with Gasteiger partial charge in [0, 0.05) is 56.9 Å². The molecule has 1 aromatic rings. The second kappa shape index (κ2) is 6.48. The number of hydrogen-bond donors (Lipinski definition) is 0. The maximum absolute atomic E-state index is 12.0. The van der Waals surface area contributed by atoms with Crippen LogP contribution in [-0.4, -0.2) is 51.3 Å². The molecule has 4 heterocycles. The van der Waals surface area contributed by atoms with Gasteiger partial charge in [-0.05, 0) is 33.1 Å². The van der Waals surface area contributed by atoms with Gasteiger partial charge in [-0.25, -0.2) is 0 Å². The van der Waals surface area contributed by atoms with Crippen molar-refractivity contribution in [1.29, 1.82) is 0 Å². The van der Waals surface area contributed by atoms with Crippen LogP contribution < -0.4 is 0 Å². The SMILES string of the molecule is CC(C)n1nc(CN2CCCC2=O)c2c1CN(C1CCOCC1)C2. The average molecular weight is 332 g/mol. The maximum Gasteiger partial charge on any atom is 0.222 e. The van der Waals surface area contributed by atoms with Gasteiger partial charge < -0.3 is 9.64 Å². The fraction of sp³-hybridized carbons (Fsp3) is 0.778. The number of amides is 1. The summed E-state index contributed by atoms with van der Waals surface area (Å²) in [7, 11) is 0. The molecule has 2 fully saturated rings. The Balaban J connectivity index is 1.56. The lowest BCUT2D eigenvalue weighted by molar-refractivity contribution is -0.128. The van der Waals surface area contributed by atoms with Crippen molar-refractivity contribution in [2.75, 3.05) is 19.8 Å². The minimum atomic E-state index is 0.280. The molecule has 24 heavy (non-hydrogen) atoms. The van der Waals surface area contributed by atoms with E-state index in [1.807, 2.05) is 4.90 Å². The zero-order valence-corrected chi connectivity index (χ0v) is 14.8. The molecule has 2 saturated heterocycles. The molecule has 1 amide bonds. The van der Waals surface area contributed by atoms with E-state index in [2.05, 4.69) is 23.4 Å². The lowest BCUT2D eigenvalue weighted by Gasteiger charge is -2.31. The number of rotatable bonds is 4. The van der Waals surface area contributed by atoms with E-state index in [1.165, 1.54) is 11.3 Å². The number of ether oxygens (including phenoxy) is 1. The number of nitrogens with zero attached hydrogens (tertiary/aromatic N) is 4. The van der Waals surface area contributed by atoms with Gasteiger partial charge in [-0.2, -0.15) is 5.10 Å². The van der Waals surface area contributed by atoms with Crippen LogP contribution in [0.1, 0.15) is 62.5 Å². The molecule has 132 valence electrons. The van der Waals surface area contributed by atoms with Crippen LogP contribution in [0.4, 0.5) is 0 Å². The van der Waals surface area contributed by atoms with E-state index in [0.29, 0.717) is 25.0 Å². The van der Waals surface area contributed by atoms with E-state index in [0.717, 1.165) is 57.8 Å². The summed E-state index contributed by atoms with van der Waals surface area (Å²) in [5.41, 5.74) is 3.84. The Labute approximate surface area is 143 Å². The van der Waals surface area contributed by atoms with Crippen molar-refractivity contribution in [2.24, 2.45) is 0 Å². The minimum absolute atomic E-state index is 0.280. The Morgan fingerprint density at radius 1 is 1.25 bits per heavy atom. The molecule has 4 rings (SSSR count). The van der Waals surface area contributed by atoms with Gasteiger partial charge in [0.15, 0.2) is 0 Å². The predicted molar refractivity (Wildman–Crippen MR) is 90.4 cm³/mol. The molecule has 0 radical (unpaired) electrons. The van der Waals surface area contributed by atoms with E-state index < -0.39 is 0 Å². The largest absolute Gasteiger partial charge is 0.381 e. The van der Waals surface area contributed by atoms with Crippen molar-refractivity contribution in [3.8, 4) is 0 Å². The van der Waals surface area contributed by atoms with Crippen LogP contribution in [0.25, 0.3) is 0 Å². The van der Waals surface area contributed by atoms with Crippen molar-refractivity contribution in [2.45, 2.75) is 71.2 Å². The molecule has 0 N–H and O–H groups in total. The number of carbonyl (C=O) groups excluding carboxylic acids is 1. The van der Waals surface area contributed by atoms with Crippen LogP contribution in [0.15, 0.2) is 0 Å². The van der Waals surface area contributed by atoms with Gasteiger partial charge in [-0.3, -0.25) is 14.4 Å². The Bertz CT molecular complexity index is 619. The normalized spacial score (nSPS) is 22.8. The zero-order chi connectivity index (χ0) is 16.7. The molecule has 0 aliphatic carbocycles. The number of carbonyl (C=O) groups is 1. The fourth-order valence-corrected chi connectivity index (χ4v) is 4.27. The minimum Gasteiger partial charge on any atom is -0.381 e. The van der Waals surface area contributed by atoms with Gasteiger partial charge in [0.25, 0.3) is 0 Å². The molecule has 6 nitrogen and oxygen atoms in total. The van der Waals surface area contributed by atoms with Gasteiger partial charge >= 0.3 is 0 Å². The lowest BCUT2D eigenvalue weighted by Crippen LogP contribution is -2.36. The number of aromatic nitrogens is 2. The molecule has 0 bridgehead atoms. The number of fused-ring (bicyclic) bond motifs is 1. The summed E-state index contributed by atoms with van der Waals surface area (Å²) < 4.78 is 7.70. The molecular weight excluding hydrogens is 304 g/mol. The second-order valence-electron chi connectivity index (χ2n) is 7.58. The predicted octanol–water partition coefficient (Wildman–Crippen LogP) is 2.08. The third-order valence-electron chi connectivity index (χ3n) is 5.62. The summed E-state index contributed by atoms with van der Waals surface area (Å²) in [5.74, 6) is 0.280. The van der Waals surface area contributed by atoms with Gasteiger partial charge in [0.1, 0.15) is 0 Å². The Hall–Kier alpha value is -1.40. The van der Waals surface area contributed by atoms with Crippen molar-refractivity contribution in [3.05, 3.63) is 17.0 Å². The highest BCUT2D eigenvalue weighted by molar-refractivity contribution is 5.78. The molecule has 3 aliphatic heterocycles. The highest BCUT2D eigenvalue weighted by Crippen LogP contribution is 2.32. The first-order valence-electron chi connectivity index (χ1n) is 9.32. The Morgan fingerprint density at radius 2 is 2.04 bits per heavy atom. The quantitative estimate of drug-likeness (QED) is 0.847. The highest BCUT2D eigenvalue weighted by Gasteiger charge is 2.34. The summed E-state index contributed by atoms with van der Waals surface area (Å²) in [6, 6.07) is 0.976. The van der Waals surface area contributed by atoms with E-state index in [1.54, 1.807) is 0 Å². The first-order chi connectivity index (χ1) is 11.6. The molecule has 0 spiro atoms. The number of likely N-dealkylation sites (tertiary alicyclic amines) is 1. The van der Waals surface area contributed by atoms with Gasteiger partial charge in [0.2, 0.25) is 5.91 Å². The van der Waals surface area contributed by atoms with Crippen molar-refractivity contribution in [1.82, 2.24) is 19.6 Å². The van der Waals surface area contributed by atoms with Gasteiger partial charge in [-0.1, -0.05) is 0 Å². The number of hydrogen-bond acceptors (Lipinski definition) is 4. The van der Waals surface area contributed by atoms with Crippen molar-refractivity contribution < 1.29 is 9.53 Å². The molecule has 3 aliphatic rings. The van der Waals surface area contributed by atoms with Crippen LogP contribution >= 0.6 is 0 Å². The topological polar surface area (TPSA) is 50.6 Å². The molecule has 0 unspecified atom stereocenters. The summed E-state index contributed by atoms with van der Waals surface area (Å²) in [6.45, 7) is 9.66. The van der Waals surface area contributed by atoms with Crippen molar-refractivity contribution in [3.63, 3.8) is 0 Å². The van der Waals surface area contributed by atoms with E-state index >= 15 is 0 Å². The summed E-state index contributed by atoms with van der Waals surface area (Å²) in [4.78, 5) is 16.6. The maximum atomic E-state index is 12.0. The molecular formula is C18H28N4O2. The Kier molecular flexibility index (Phi) is 4.35. The van der Waals surface area contributed by atoms with Crippen molar-refractivity contribution >= 4 is 5.91 Å². The standard InChI is InChI=1S/C18H28N4O2/c1-13(2)22-17-12-21(14-5-8-24-9-6-14)10-15(17)16(19-22)11-20-7-3-4-18(20)23/h13-14H,3-12H2,1-2H3. The zero-order valence-electron chi connectivity index (χ0n) is 14.8. The Morgan fingerprint density at radius 3 is 2.71 bits per heavy atom. The summed E-state index contributed by atoms with van der Waals surface area (Å²) in [6.07, 6.45) is 3.93. The van der Waals surface area contributed by atoms with Crippen LogP contribution in [0, 0.1) is 0 Å². The van der Waals surface area contributed by atoms with Crippen LogP contribution in [-0.2, 0) is 29.2 Å². The molecule has 6 heteroatoms. The third kappa shape index (κ3) is 2.86. The highest BCUT2D eigenvalue weighted by atomic mass is 16.5. The van der Waals surface area contributed by atoms with Gasteiger partial charge in [-0.15, -0.1) is 0 Å². The van der Waals surface area contributed by atoms with Crippen LogP contribution in [0.2, 0.25) is 0 Å². The first kappa shape index (κ1) is 16.1. The average Bonchev–Trinajstić information content (AvgIpc) is 3.25. The summed E-state index contributed by atoms with van der Waals surface area (Å²) >= 11 is 0. The monoisotopic (exact) mass is 332 g/mol. The molecule has 0 atom stereocenters. The second-order valence-corrected chi connectivity index (χ2v) is 7.58. The molecule has 0 aromatic carbocycles. The van der Waals surface area contributed by atoms with E-state index in [-0.39, 0.29) is 5.91 Å². The van der Waals surface area contributed by atoms with Crippen LogP contribution in [0.5, 0.6) is 0 Å². The fourth-order valence-electron chi connectivity index (χ4n) is 4.27. The summed E-state index contributed by atoms with van der Waals surface area (Å²) in [5, 5.41) is 4.88. The molecule has 1 aromatic heterocycles. The third-order valence-corrected chi connectivity index (χ3v) is 5.62. The van der Waals surface area contributed by atoms with E-state index in [4.69, 9.17) is 9.84 Å². The van der Waals surface area contributed by atoms with Crippen LogP contribution in [0.3, 0.4) is 0 Å². The first-order valence-corrected chi connectivity index (χ1v) is 9.32.